The van der Waals surface area contributed by atoms with Crippen molar-refractivity contribution in [3.63, 3.8) is 0 Å². The lowest BCUT2D eigenvalue weighted by atomic mass is 10.2. The quantitative estimate of drug-likeness (QED) is 0.486. The van der Waals surface area contributed by atoms with Gasteiger partial charge in [-0.15, -0.1) is 28.3 Å². The number of nitrogens with zero attached hydrogens (tertiary/aromatic N) is 5. The van der Waals surface area contributed by atoms with E-state index in [9.17, 15) is 0 Å². The zero-order chi connectivity index (χ0) is 17.5. The number of azo groups is 1. The summed E-state index contributed by atoms with van der Waals surface area (Å²) in [6.45, 7) is 1.43. The summed E-state index contributed by atoms with van der Waals surface area (Å²) in [5.74, 6) is 1.20. The Kier molecular flexibility index (Phi) is 8.12. The largest absolute Gasteiger partial charge is 0.412 e. The number of halogens is 2. The van der Waals surface area contributed by atoms with E-state index in [4.69, 9.17) is 40.4 Å². The third-order valence-electron chi connectivity index (χ3n) is 3.14. The molecule has 0 saturated carbocycles. The van der Waals surface area contributed by atoms with E-state index in [2.05, 4.69) is 25.1 Å². The molecule has 0 amide bonds. The Morgan fingerprint density at radius 3 is 1.88 bits per heavy atom. The molecular weight excluding hydrogens is 367 g/mol. The Morgan fingerprint density at radius 1 is 0.880 bits per heavy atom. The van der Waals surface area contributed by atoms with Gasteiger partial charge in [-0.3, -0.25) is 0 Å². The lowest BCUT2D eigenvalue weighted by Crippen LogP contribution is -2.27. The maximum Gasteiger partial charge on any atom is 0.224 e. The fourth-order valence-corrected chi connectivity index (χ4v) is 2.43. The van der Waals surface area contributed by atoms with E-state index in [1.165, 1.54) is 0 Å². The van der Waals surface area contributed by atoms with Crippen LogP contribution < -0.4 is 22.1 Å². The summed E-state index contributed by atoms with van der Waals surface area (Å²) < 4.78 is 0. The first-order chi connectivity index (χ1) is 11.5. The molecule has 0 fully saturated rings. The fraction of sp³-hybridized carbons (Fsp3) is 0.286. The Morgan fingerprint density at radius 2 is 1.40 bits per heavy atom. The third kappa shape index (κ3) is 5.59. The van der Waals surface area contributed by atoms with Crippen molar-refractivity contribution < 1.29 is 5.48 Å². The minimum Gasteiger partial charge on any atom is -0.412 e. The zero-order valence-electron chi connectivity index (χ0n) is 13.4. The smallest absolute Gasteiger partial charge is 0.224 e. The molecule has 1 aromatic carbocycles. The molecule has 2 aromatic rings. The predicted molar refractivity (Wildman–Crippen MR) is 103 cm³/mol. The molecule has 0 aliphatic rings. The molecule has 0 aliphatic heterocycles. The van der Waals surface area contributed by atoms with Crippen LogP contribution in [0.2, 0.25) is 0 Å². The van der Waals surface area contributed by atoms with Gasteiger partial charge in [0.2, 0.25) is 5.95 Å². The van der Waals surface area contributed by atoms with Crippen molar-refractivity contribution in [3.8, 4) is 0 Å². The molecule has 25 heavy (non-hydrogen) atoms. The van der Waals surface area contributed by atoms with E-state index in [1.807, 2.05) is 24.3 Å². The zero-order valence-corrected chi connectivity index (χ0v) is 14.9. The molecule has 0 radical (unpaired) electrons. The molecule has 0 atom stereocenters. The van der Waals surface area contributed by atoms with Gasteiger partial charge in [-0.2, -0.15) is 15.1 Å². The molecule has 1 aromatic heterocycles. The Labute approximate surface area is 155 Å². The SMILES string of the molecule is Nc1nc(N)c(N=Nc2ccc(N(CCCl)CCCl)cc2)c(N)n1.O. The molecule has 0 saturated heterocycles. The average Bonchev–Trinajstić information content (AvgIpc) is 2.54. The maximum absolute atomic E-state index is 5.81. The number of hydrogen-bond acceptors (Lipinski definition) is 8. The Balaban J connectivity index is 0.00000312. The summed E-state index contributed by atoms with van der Waals surface area (Å²) in [5, 5.41) is 8.10. The molecular formula is C14H20Cl2N8O. The van der Waals surface area contributed by atoms with E-state index in [1.54, 1.807) is 0 Å². The standard InChI is InChI=1S/C14H18Cl2N8.H2O/c15-5-7-24(8-6-16)10-3-1-9(2-4-10)22-23-11-12(17)20-14(19)21-13(11)18;/h1-4H,5-8H2,(H6,17,18,19,20,21);1H2. The predicted octanol–water partition coefficient (Wildman–Crippen LogP) is 2.10. The van der Waals surface area contributed by atoms with Gasteiger partial charge in [0.05, 0.1) is 5.69 Å². The van der Waals surface area contributed by atoms with Crippen LogP contribution in [0.4, 0.5) is 34.6 Å². The maximum atomic E-state index is 5.81. The lowest BCUT2D eigenvalue weighted by molar-refractivity contribution is 0.824. The van der Waals surface area contributed by atoms with Crippen LogP contribution in [0.1, 0.15) is 0 Å². The Hall–Kier alpha value is -2.36. The molecule has 0 bridgehead atoms. The molecule has 136 valence electrons. The van der Waals surface area contributed by atoms with Gasteiger partial charge in [-0.05, 0) is 24.3 Å². The summed E-state index contributed by atoms with van der Waals surface area (Å²) in [6, 6.07) is 7.47. The van der Waals surface area contributed by atoms with Crippen LogP contribution in [0.3, 0.4) is 0 Å². The van der Waals surface area contributed by atoms with E-state index in [-0.39, 0.29) is 28.7 Å². The van der Waals surface area contributed by atoms with Gasteiger partial charge in [0.15, 0.2) is 17.3 Å². The number of alkyl halides is 2. The third-order valence-corrected chi connectivity index (χ3v) is 3.48. The number of aromatic nitrogens is 2. The molecule has 0 aliphatic carbocycles. The fourth-order valence-electron chi connectivity index (χ4n) is 2.02. The first-order valence-electron chi connectivity index (χ1n) is 7.12. The summed E-state index contributed by atoms with van der Waals surface area (Å²) >= 11 is 11.6. The first kappa shape index (κ1) is 20.7. The van der Waals surface area contributed by atoms with Crippen LogP contribution in [0.15, 0.2) is 34.5 Å². The highest BCUT2D eigenvalue weighted by atomic mass is 35.5. The highest BCUT2D eigenvalue weighted by Gasteiger charge is 2.08. The van der Waals surface area contributed by atoms with E-state index < -0.39 is 0 Å². The van der Waals surface area contributed by atoms with Crippen LogP contribution in [-0.2, 0) is 0 Å². The van der Waals surface area contributed by atoms with Crippen molar-refractivity contribution in [3.05, 3.63) is 24.3 Å². The van der Waals surface area contributed by atoms with E-state index in [0.717, 1.165) is 5.69 Å². The number of benzene rings is 1. The van der Waals surface area contributed by atoms with Crippen molar-refractivity contribution in [1.29, 1.82) is 0 Å². The first-order valence-corrected chi connectivity index (χ1v) is 8.19. The van der Waals surface area contributed by atoms with Crippen LogP contribution in [0.5, 0.6) is 0 Å². The normalized spacial score (nSPS) is 10.6. The van der Waals surface area contributed by atoms with Crippen LogP contribution >= 0.6 is 23.2 Å². The van der Waals surface area contributed by atoms with Crippen molar-refractivity contribution in [2.75, 3.05) is 47.0 Å². The number of anilines is 4. The van der Waals surface area contributed by atoms with Gasteiger partial charge < -0.3 is 27.6 Å². The van der Waals surface area contributed by atoms with Crippen LogP contribution in [0.25, 0.3) is 0 Å². The monoisotopic (exact) mass is 386 g/mol. The second kappa shape index (κ2) is 9.82. The van der Waals surface area contributed by atoms with Gasteiger partial charge in [-0.1, -0.05) is 0 Å². The summed E-state index contributed by atoms with van der Waals surface area (Å²) in [7, 11) is 0. The summed E-state index contributed by atoms with van der Waals surface area (Å²) in [5.41, 5.74) is 18.7. The van der Waals surface area contributed by atoms with Crippen molar-refractivity contribution in [2.45, 2.75) is 0 Å². The van der Waals surface area contributed by atoms with Gasteiger partial charge in [0, 0.05) is 30.5 Å². The van der Waals surface area contributed by atoms with Crippen molar-refractivity contribution in [2.24, 2.45) is 10.2 Å². The molecule has 9 nitrogen and oxygen atoms in total. The number of hydrogen-bond donors (Lipinski definition) is 3. The minimum absolute atomic E-state index is 0. The molecule has 0 spiro atoms. The topological polar surface area (TPSA) is 163 Å². The molecule has 2 rings (SSSR count). The van der Waals surface area contributed by atoms with Crippen LogP contribution in [0, 0.1) is 0 Å². The van der Waals surface area contributed by atoms with Gasteiger partial charge in [0.1, 0.15) is 0 Å². The highest BCUT2D eigenvalue weighted by molar-refractivity contribution is 6.18. The molecule has 8 N–H and O–H groups in total. The molecule has 1 heterocycles. The van der Waals surface area contributed by atoms with Gasteiger partial charge in [-0.25, -0.2) is 0 Å². The van der Waals surface area contributed by atoms with Gasteiger partial charge in [0.25, 0.3) is 0 Å². The summed E-state index contributed by atoms with van der Waals surface area (Å²) in [6.07, 6.45) is 0. The number of nitrogen functional groups attached to an aromatic ring is 3. The van der Waals surface area contributed by atoms with Gasteiger partial charge >= 0.3 is 0 Å². The van der Waals surface area contributed by atoms with Crippen molar-refractivity contribution in [1.82, 2.24) is 9.97 Å². The molecule has 0 unspecified atom stereocenters. The second-order valence-corrected chi connectivity index (χ2v) is 5.54. The van der Waals surface area contributed by atoms with Crippen LogP contribution in [-0.4, -0.2) is 40.3 Å². The lowest BCUT2D eigenvalue weighted by Gasteiger charge is -2.22. The minimum atomic E-state index is -0.00743. The molecule has 11 heteroatoms. The Bertz CT molecular complexity index is 681. The highest BCUT2D eigenvalue weighted by Crippen LogP contribution is 2.29. The summed E-state index contributed by atoms with van der Waals surface area (Å²) in [4.78, 5) is 9.70. The average molecular weight is 387 g/mol. The second-order valence-electron chi connectivity index (χ2n) is 4.78. The van der Waals surface area contributed by atoms with E-state index >= 15 is 0 Å². The van der Waals surface area contributed by atoms with Crippen molar-refractivity contribution >= 4 is 57.8 Å². The van der Waals surface area contributed by atoms with E-state index in [0.29, 0.717) is 30.5 Å². The number of nitrogens with two attached hydrogens (primary N) is 3. The number of rotatable bonds is 7.